The van der Waals surface area contributed by atoms with Crippen molar-refractivity contribution in [2.45, 2.75) is 13.3 Å². The Balaban J connectivity index is 2.51. The van der Waals surface area contributed by atoms with Gasteiger partial charge in [0.2, 0.25) is 0 Å². The summed E-state index contributed by atoms with van der Waals surface area (Å²) in [7, 11) is 1.62. The van der Waals surface area contributed by atoms with Crippen LogP contribution >= 0.6 is 0 Å². The first-order valence-electron chi connectivity index (χ1n) is 5.74. The zero-order valence-corrected chi connectivity index (χ0v) is 10.5. The molecule has 1 aromatic carbocycles. The number of phenols is 1. The lowest BCUT2D eigenvalue weighted by Crippen LogP contribution is -2.29. The number of phenolic OH excluding ortho intramolecular Hbond substituents is 1. The average Bonchev–Trinajstić information content (AvgIpc) is 2.36. The standard InChI is InChI=1S/C13H17NO4/c1-3-18-12(16)8-9-14(2)13(17)10-4-6-11(15)7-5-10/h4-7,15H,3,8-9H2,1-2H3. The number of nitrogens with zero attached hydrogens (tertiary/aromatic N) is 1. The molecular formula is C13H17NO4. The fraction of sp³-hybridized carbons (Fsp3) is 0.385. The fourth-order valence-corrected chi connectivity index (χ4v) is 1.42. The first kappa shape index (κ1) is 14.0. The number of benzene rings is 1. The molecule has 0 spiro atoms. The van der Waals surface area contributed by atoms with E-state index < -0.39 is 0 Å². The van der Waals surface area contributed by atoms with Crippen LogP contribution in [0.25, 0.3) is 0 Å². The Bertz CT molecular complexity index is 414. The predicted octanol–water partition coefficient (Wildman–Crippen LogP) is 1.42. The molecule has 1 amide bonds. The summed E-state index contributed by atoms with van der Waals surface area (Å²) in [4.78, 5) is 24.5. The van der Waals surface area contributed by atoms with Gasteiger partial charge >= 0.3 is 5.97 Å². The fourth-order valence-electron chi connectivity index (χ4n) is 1.42. The highest BCUT2D eigenvalue weighted by Gasteiger charge is 2.13. The summed E-state index contributed by atoms with van der Waals surface area (Å²) in [5.74, 6) is -0.400. The second-order valence-corrected chi connectivity index (χ2v) is 3.83. The van der Waals surface area contributed by atoms with Gasteiger partial charge in [-0.2, -0.15) is 0 Å². The number of esters is 1. The molecule has 0 aromatic heterocycles. The van der Waals surface area contributed by atoms with Gasteiger partial charge in [0.1, 0.15) is 5.75 Å². The lowest BCUT2D eigenvalue weighted by atomic mass is 10.2. The largest absolute Gasteiger partial charge is 0.508 e. The van der Waals surface area contributed by atoms with Crippen molar-refractivity contribution >= 4 is 11.9 Å². The number of hydrogen-bond donors (Lipinski definition) is 1. The molecular weight excluding hydrogens is 234 g/mol. The van der Waals surface area contributed by atoms with Crippen LogP contribution in [-0.4, -0.2) is 42.1 Å². The van der Waals surface area contributed by atoms with E-state index in [0.717, 1.165) is 0 Å². The highest BCUT2D eigenvalue weighted by Crippen LogP contribution is 2.11. The minimum absolute atomic E-state index is 0.112. The summed E-state index contributed by atoms with van der Waals surface area (Å²) < 4.78 is 4.78. The van der Waals surface area contributed by atoms with Crippen molar-refractivity contribution in [2.75, 3.05) is 20.2 Å². The molecule has 0 atom stereocenters. The maximum atomic E-state index is 11.9. The second kappa shape index (κ2) is 6.64. The number of carbonyl (C=O) groups excluding carboxylic acids is 2. The molecule has 0 unspecified atom stereocenters. The van der Waals surface area contributed by atoms with Crippen molar-refractivity contribution in [3.05, 3.63) is 29.8 Å². The normalized spacial score (nSPS) is 9.89. The molecule has 5 heteroatoms. The van der Waals surface area contributed by atoms with Gasteiger partial charge in [0.05, 0.1) is 13.0 Å². The van der Waals surface area contributed by atoms with E-state index in [2.05, 4.69) is 0 Å². The molecule has 18 heavy (non-hydrogen) atoms. The van der Waals surface area contributed by atoms with Gasteiger partial charge in [0.15, 0.2) is 0 Å². The lowest BCUT2D eigenvalue weighted by Gasteiger charge is -2.16. The zero-order valence-electron chi connectivity index (χ0n) is 10.5. The molecule has 1 aromatic rings. The summed E-state index contributed by atoms with van der Waals surface area (Å²) in [6, 6.07) is 5.98. The van der Waals surface area contributed by atoms with Crippen LogP contribution in [0, 0.1) is 0 Å². The van der Waals surface area contributed by atoms with E-state index >= 15 is 0 Å². The molecule has 1 rings (SSSR count). The quantitative estimate of drug-likeness (QED) is 0.804. The van der Waals surface area contributed by atoms with Crippen LogP contribution in [0.3, 0.4) is 0 Å². The van der Waals surface area contributed by atoms with Gasteiger partial charge in [-0.1, -0.05) is 0 Å². The summed E-state index contributed by atoms with van der Waals surface area (Å²) >= 11 is 0. The Kier molecular flexibility index (Phi) is 5.17. The van der Waals surface area contributed by atoms with Crippen LogP contribution in [0.1, 0.15) is 23.7 Å². The molecule has 0 aliphatic heterocycles. The number of hydrogen-bond acceptors (Lipinski definition) is 4. The van der Waals surface area contributed by atoms with Crippen molar-refractivity contribution in [2.24, 2.45) is 0 Å². The molecule has 1 N–H and O–H groups in total. The molecule has 0 bridgehead atoms. The number of rotatable bonds is 5. The molecule has 0 saturated carbocycles. The van der Waals surface area contributed by atoms with Gasteiger partial charge in [-0.25, -0.2) is 0 Å². The lowest BCUT2D eigenvalue weighted by molar-refractivity contribution is -0.143. The monoisotopic (exact) mass is 251 g/mol. The van der Waals surface area contributed by atoms with Gasteiger partial charge in [-0.3, -0.25) is 9.59 Å². The Morgan fingerprint density at radius 1 is 1.28 bits per heavy atom. The third-order valence-electron chi connectivity index (χ3n) is 2.42. The van der Waals surface area contributed by atoms with E-state index in [0.29, 0.717) is 18.7 Å². The van der Waals surface area contributed by atoms with E-state index in [1.165, 1.54) is 17.0 Å². The molecule has 0 heterocycles. The SMILES string of the molecule is CCOC(=O)CCN(C)C(=O)c1ccc(O)cc1. The minimum Gasteiger partial charge on any atom is -0.508 e. The first-order chi connectivity index (χ1) is 8.54. The maximum Gasteiger partial charge on any atom is 0.307 e. The molecule has 0 radical (unpaired) electrons. The smallest absolute Gasteiger partial charge is 0.307 e. The average molecular weight is 251 g/mol. The summed E-state index contributed by atoms with van der Waals surface area (Å²) in [6.07, 6.45) is 0.175. The molecule has 0 aliphatic carbocycles. The number of ether oxygens (including phenoxy) is 1. The Morgan fingerprint density at radius 2 is 1.89 bits per heavy atom. The van der Waals surface area contributed by atoms with Crippen LogP contribution in [0.2, 0.25) is 0 Å². The van der Waals surface area contributed by atoms with Crippen molar-refractivity contribution in [1.82, 2.24) is 4.90 Å². The minimum atomic E-state index is -0.317. The van der Waals surface area contributed by atoms with Gasteiger partial charge in [-0.15, -0.1) is 0 Å². The molecule has 0 fully saturated rings. The Labute approximate surface area is 106 Å². The van der Waals surface area contributed by atoms with Gasteiger partial charge < -0.3 is 14.7 Å². The van der Waals surface area contributed by atoms with Crippen molar-refractivity contribution < 1.29 is 19.4 Å². The second-order valence-electron chi connectivity index (χ2n) is 3.83. The number of amides is 1. The molecule has 0 saturated heterocycles. The summed E-state index contributed by atoms with van der Waals surface area (Å²) in [5.41, 5.74) is 0.471. The zero-order chi connectivity index (χ0) is 13.5. The van der Waals surface area contributed by atoms with E-state index in [9.17, 15) is 9.59 Å². The van der Waals surface area contributed by atoms with E-state index in [4.69, 9.17) is 9.84 Å². The van der Waals surface area contributed by atoms with Crippen LogP contribution in [0.15, 0.2) is 24.3 Å². The van der Waals surface area contributed by atoms with Gasteiger partial charge in [0.25, 0.3) is 5.91 Å². The highest BCUT2D eigenvalue weighted by molar-refractivity contribution is 5.94. The summed E-state index contributed by atoms with van der Waals surface area (Å²) in [6.45, 7) is 2.39. The van der Waals surface area contributed by atoms with Crippen molar-refractivity contribution in [1.29, 1.82) is 0 Å². The molecule has 0 aliphatic rings. The maximum absolute atomic E-state index is 11.9. The predicted molar refractivity (Wildman–Crippen MR) is 66.3 cm³/mol. The first-order valence-corrected chi connectivity index (χ1v) is 5.74. The third kappa shape index (κ3) is 4.08. The summed E-state index contributed by atoms with van der Waals surface area (Å²) in [5, 5.41) is 9.13. The van der Waals surface area contributed by atoms with E-state index in [1.807, 2.05) is 0 Å². The van der Waals surface area contributed by atoms with Gasteiger partial charge in [-0.05, 0) is 31.2 Å². The van der Waals surface area contributed by atoms with Crippen LogP contribution in [0.5, 0.6) is 5.75 Å². The topological polar surface area (TPSA) is 66.8 Å². The molecule has 5 nitrogen and oxygen atoms in total. The van der Waals surface area contributed by atoms with Crippen LogP contribution in [-0.2, 0) is 9.53 Å². The van der Waals surface area contributed by atoms with Crippen LogP contribution in [0.4, 0.5) is 0 Å². The highest BCUT2D eigenvalue weighted by atomic mass is 16.5. The molecule has 98 valence electrons. The van der Waals surface area contributed by atoms with E-state index in [-0.39, 0.29) is 24.0 Å². The van der Waals surface area contributed by atoms with E-state index in [1.54, 1.807) is 26.1 Å². The number of carbonyl (C=O) groups is 2. The Morgan fingerprint density at radius 3 is 2.44 bits per heavy atom. The third-order valence-corrected chi connectivity index (χ3v) is 2.42. The Hall–Kier alpha value is -2.04. The number of aromatic hydroxyl groups is 1. The van der Waals surface area contributed by atoms with Crippen LogP contribution < -0.4 is 0 Å². The van der Waals surface area contributed by atoms with Gasteiger partial charge in [0, 0.05) is 19.2 Å². The van der Waals surface area contributed by atoms with Crippen molar-refractivity contribution in [3.63, 3.8) is 0 Å². The van der Waals surface area contributed by atoms with Crippen molar-refractivity contribution in [3.8, 4) is 5.75 Å².